The Hall–Kier alpha value is -0.590. The number of alkyl halides is 2. The second-order valence-electron chi connectivity index (χ2n) is 5.06. The molecule has 0 spiro atoms. The molecule has 0 aromatic carbocycles. The Bertz CT molecular complexity index is 394. The van der Waals surface area contributed by atoms with Gasteiger partial charge in [0.05, 0.1) is 12.3 Å². The van der Waals surface area contributed by atoms with E-state index in [4.69, 9.17) is 9.15 Å². The smallest absolute Gasteiger partial charge is 0.284 e. The lowest BCUT2D eigenvalue weighted by Crippen LogP contribution is -2.36. The van der Waals surface area contributed by atoms with Gasteiger partial charge in [0.1, 0.15) is 11.5 Å². The van der Waals surface area contributed by atoms with Gasteiger partial charge in [-0.2, -0.15) is 8.78 Å². The molecule has 0 radical (unpaired) electrons. The number of nitrogens with one attached hydrogen (secondary N) is 1. The first-order valence-electron chi connectivity index (χ1n) is 6.93. The molecule has 2 rings (SSSR count). The molecule has 0 saturated carbocycles. The maximum atomic E-state index is 12.1. The second kappa shape index (κ2) is 8.00. The number of rotatable bonds is 7. The highest BCUT2D eigenvalue weighted by Gasteiger charge is 2.20. The molecular weight excluding hydrogens is 284 g/mol. The van der Waals surface area contributed by atoms with E-state index >= 15 is 0 Å². The predicted octanol–water partition coefficient (Wildman–Crippen LogP) is 3.64. The van der Waals surface area contributed by atoms with Crippen molar-refractivity contribution in [2.45, 2.75) is 43.9 Å². The zero-order valence-electron chi connectivity index (χ0n) is 11.6. The van der Waals surface area contributed by atoms with Crippen LogP contribution in [0.2, 0.25) is 0 Å². The molecule has 114 valence electrons. The topological polar surface area (TPSA) is 34.4 Å². The molecule has 1 N–H and O–H groups in total. The van der Waals surface area contributed by atoms with Crippen molar-refractivity contribution in [3.63, 3.8) is 0 Å². The third kappa shape index (κ3) is 5.07. The highest BCUT2D eigenvalue weighted by molar-refractivity contribution is 7.98. The Morgan fingerprint density at radius 1 is 1.30 bits per heavy atom. The fourth-order valence-corrected chi connectivity index (χ4v) is 2.83. The summed E-state index contributed by atoms with van der Waals surface area (Å²) in [7, 11) is 0. The summed E-state index contributed by atoms with van der Waals surface area (Å²) in [5.74, 6) is -0.102. The van der Waals surface area contributed by atoms with Gasteiger partial charge >= 0.3 is 0 Å². The monoisotopic (exact) mass is 305 g/mol. The maximum Gasteiger partial charge on any atom is 0.284 e. The summed E-state index contributed by atoms with van der Waals surface area (Å²) >= 11 is 0.583. The average molecular weight is 305 g/mol. The maximum absolute atomic E-state index is 12.1. The van der Waals surface area contributed by atoms with Crippen LogP contribution in [0.5, 0.6) is 0 Å². The third-order valence-corrected chi connectivity index (χ3v) is 4.34. The Balaban J connectivity index is 1.73. The van der Waals surface area contributed by atoms with Crippen molar-refractivity contribution in [2.24, 2.45) is 5.92 Å². The lowest BCUT2D eigenvalue weighted by Gasteiger charge is -2.28. The molecule has 20 heavy (non-hydrogen) atoms. The van der Waals surface area contributed by atoms with Gasteiger partial charge in [-0.3, -0.25) is 0 Å². The van der Waals surface area contributed by atoms with Crippen LogP contribution in [-0.2, 0) is 17.0 Å². The number of furan rings is 1. The second-order valence-corrected chi connectivity index (χ2v) is 6.04. The normalized spacial score (nSPS) is 18.6. The fourth-order valence-electron chi connectivity index (χ4n) is 2.38. The van der Waals surface area contributed by atoms with Crippen molar-refractivity contribution in [3.05, 3.63) is 23.7 Å². The number of hydrogen-bond donors (Lipinski definition) is 1. The predicted molar refractivity (Wildman–Crippen MR) is 75.9 cm³/mol. The number of hydrogen-bond acceptors (Lipinski definition) is 4. The largest absolute Gasteiger partial charge is 0.464 e. The van der Waals surface area contributed by atoms with Crippen LogP contribution in [0.4, 0.5) is 8.78 Å². The average Bonchev–Trinajstić information content (AvgIpc) is 2.91. The molecule has 1 aliphatic rings. The Kier molecular flexibility index (Phi) is 6.32. The summed E-state index contributed by atoms with van der Waals surface area (Å²) in [5, 5.41) is 3.44. The molecule has 1 atom stereocenters. The summed E-state index contributed by atoms with van der Waals surface area (Å²) in [6, 6.07) is 4.03. The first-order valence-corrected chi connectivity index (χ1v) is 7.98. The number of ether oxygens (including phenoxy) is 1. The summed E-state index contributed by atoms with van der Waals surface area (Å²) in [6.07, 6.45) is 2.17. The van der Waals surface area contributed by atoms with Gasteiger partial charge in [0.15, 0.2) is 0 Å². The molecule has 0 aliphatic carbocycles. The van der Waals surface area contributed by atoms with E-state index in [0.717, 1.165) is 31.8 Å². The molecule has 1 fully saturated rings. The van der Waals surface area contributed by atoms with Gasteiger partial charge in [-0.1, -0.05) is 11.8 Å². The van der Waals surface area contributed by atoms with E-state index < -0.39 is 5.76 Å². The SMILES string of the molecule is CC(NCc1ccc(CSC(F)F)o1)C1CCOCC1. The van der Waals surface area contributed by atoms with Gasteiger partial charge in [0, 0.05) is 19.3 Å². The molecule has 0 amide bonds. The first-order chi connectivity index (χ1) is 9.65. The first kappa shape index (κ1) is 15.8. The summed E-state index contributed by atoms with van der Waals surface area (Å²) in [6.45, 7) is 4.49. The van der Waals surface area contributed by atoms with Crippen LogP contribution in [0.1, 0.15) is 31.3 Å². The van der Waals surface area contributed by atoms with Crippen LogP contribution in [0.15, 0.2) is 16.5 Å². The molecular formula is C14H21F2NO2S. The summed E-state index contributed by atoms with van der Waals surface area (Å²) in [4.78, 5) is 0. The molecule has 1 saturated heterocycles. The van der Waals surface area contributed by atoms with Crippen molar-refractivity contribution < 1.29 is 17.9 Å². The third-order valence-electron chi connectivity index (χ3n) is 3.64. The molecule has 1 aromatic heterocycles. The molecule has 6 heteroatoms. The van der Waals surface area contributed by atoms with Crippen molar-refractivity contribution in [1.82, 2.24) is 5.32 Å². The number of thioether (sulfide) groups is 1. The lowest BCUT2D eigenvalue weighted by atomic mass is 9.93. The zero-order valence-corrected chi connectivity index (χ0v) is 12.4. The van der Waals surface area contributed by atoms with E-state index in [2.05, 4.69) is 12.2 Å². The summed E-state index contributed by atoms with van der Waals surface area (Å²) in [5.41, 5.74) is 0. The number of halogens is 2. The van der Waals surface area contributed by atoms with E-state index in [-0.39, 0.29) is 5.75 Å². The lowest BCUT2D eigenvalue weighted by molar-refractivity contribution is 0.0555. The highest BCUT2D eigenvalue weighted by atomic mass is 32.2. The van der Waals surface area contributed by atoms with Gasteiger partial charge in [0.2, 0.25) is 0 Å². The highest BCUT2D eigenvalue weighted by Crippen LogP contribution is 2.22. The quantitative estimate of drug-likeness (QED) is 0.834. The van der Waals surface area contributed by atoms with Crippen LogP contribution in [-0.4, -0.2) is 25.0 Å². The molecule has 3 nitrogen and oxygen atoms in total. The van der Waals surface area contributed by atoms with E-state index in [1.165, 1.54) is 0 Å². The molecule has 1 aromatic rings. The van der Waals surface area contributed by atoms with Crippen molar-refractivity contribution >= 4 is 11.8 Å². The minimum atomic E-state index is -2.35. The van der Waals surface area contributed by atoms with Gasteiger partial charge < -0.3 is 14.5 Å². The van der Waals surface area contributed by atoms with Crippen molar-refractivity contribution in [1.29, 1.82) is 0 Å². The minimum absolute atomic E-state index is 0.215. The fraction of sp³-hybridized carbons (Fsp3) is 0.714. The van der Waals surface area contributed by atoms with Gasteiger partial charge in [0.25, 0.3) is 5.76 Å². The molecule has 1 unspecified atom stereocenters. The molecule has 2 heterocycles. The van der Waals surface area contributed by atoms with Crippen LogP contribution in [0.25, 0.3) is 0 Å². The standard InChI is InChI=1S/C14H21F2NO2S/c1-10(11-4-6-18-7-5-11)17-8-12-2-3-13(19-12)9-20-14(15)16/h2-3,10-11,14,17H,4-9H2,1H3. The Labute approximate surface area is 122 Å². The van der Waals surface area contributed by atoms with Crippen LogP contribution >= 0.6 is 11.8 Å². The van der Waals surface area contributed by atoms with Crippen LogP contribution in [0.3, 0.4) is 0 Å². The molecule has 1 aliphatic heterocycles. The molecule has 0 bridgehead atoms. The van der Waals surface area contributed by atoms with E-state index in [1.807, 2.05) is 6.07 Å². The zero-order chi connectivity index (χ0) is 14.4. The van der Waals surface area contributed by atoms with E-state index in [1.54, 1.807) is 6.07 Å². The van der Waals surface area contributed by atoms with Gasteiger partial charge in [-0.05, 0) is 37.8 Å². The Morgan fingerprint density at radius 3 is 2.70 bits per heavy atom. The van der Waals surface area contributed by atoms with E-state index in [9.17, 15) is 8.78 Å². The van der Waals surface area contributed by atoms with Crippen LogP contribution in [0, 0.1) is 5.92 Å². The van der Waals surface area contributed by atoms with Crippen molar-refractivity contribution in [3.8, 4) is 0 Å². The van der Waals surface area contributed by atoms with Gasteiger partial charge in [-0.25, -0.2) is 0 Å². The van der Waals surface area contributed by atoms with Crippen LogP contribution < -0.4 is 5.32 Å². The summed E-state index contributed by atoms with van der Waals surface area (Å²) < 4.78 is 35.1. The van der Waals surface area contributed by atoms with E-state index in [0.29, 0.717) is 36.0 Å². The van der Waals surface area contributed by atoms with Crippen molar-refractivity contribution in [2.75, 3.05) is 13.2 Å². The van der Waals surface area contributed by atoms with Gasteiger partial charge in [-0.15, -0.1) is 0 Å². The Morgan fingerprint density at radius 2 is 2.00 bits per heavy atom. The minimum Gasteiger partial charge on any atom is -0.464 e.